The summed E-state index contributed by atoms with van der Waals surface area (Å²) in [4.78, 5) is 31.8. The first-order chi connectivity index (χ1) is 17.1. The van der Waals surface area contributed by atoms with Crippen molar-refractivity contribution in [1.29, 1.82) is 0 Å². The fourth-order valence-corrected chi connectivity index (χ4v) is 4.50. The number of carbonyl (C=O) groups is 1. The van der Waals surface area contributed by atoms with Gasteiger partial charge in [0.2, 0.25) is 0 Å². The lowest BCUT2D eigenvalue weighted by Gasteiger charge is -2.24. The second-order valence-electron chi connectivity index (χ2n) is 8.53. The van der Waals surface area contributed by atoms with Crippen molar-refractivity contribution in [3.05, 3.63) is 136 Å². The van der Waals surface area contributed by atoms with E-state index in [-0.39, 0.29) is 11.6 Å². The van der Waals surface area contributed by atoms with E-state index >= 15 is 0 Å². The second-order valence-corrected chi connectivity index (χ2v) is 8.53. The normalized spacial score (nSPS) is 11.1. The van der Waals surface area contributed by atoms with E-state index in [1.807, 2.05) is 110 Å². The molecule has 0 saturated heterocycles. The standard InChI is InChI=1S/C30H25N3O2/c1-21-31-28-18-17-26(32(2)25-15-13-22(20-34)14-16-25)19-27(28)30(35)33(21)29(23-9-5-3-6-10-23)24-11-7-4-8-12-24/h3-20,29H,1-2H3. The molecule has 5 nitrogen and oxygen atoms in total. The highest BCUT2D eigenvalue weighted by Crippen LogP contribution is 2.29. The van der Waals surface area contributed by atoms with E-state index in [9.17, 15) is 9.59 Å². The highest BCUT2D eigenvalue weighted by molar-refractivity contribution is 5.84. The largest absolute Gasteiger partial charge is 0.345 e. The quantitative estimate of drug-likeness (QED) is 0.296. The Morgan fingerprint density at radius 1 is 0.800 bits per heavy atom. The number of nitrogens with zero attached hydrogens (tertiary/aromatic N) is 3. The van der Waals surface area contributed by atoms with Crippen molar-refractivity contribution in [1.82, 2.24) is 9.55 Å². The fraction of sp³-hybridized carbons (Fsp3) is 0.100. The molecule has 5 heteroatoms. The Labute approximate surface area is 203 Å². The Kier molecular flexibility index (Phi) is 5.98. The summed E-state index contributed by atoms with van der Waals surface area (Å²) in [6, 6.07) is 32.9. The highest BCUT2D eigenvalue weighted by atomic mass is 16.1. The molecule has 0 saturated carbocycles. The fourth-order valence-electron chi connectivity index (χ4n) is 4.50. The third-order valence-corrected chi connectivity index (χ3v) is 6.35. The van der Waals surface area contributed by atoms with Crippen molar-refractivity contribution in [2.24, 2.45) is 0 Å². The number of benzene rings is 4. The SMILES string of the molecule is Cc1nc2ccc(N(C)c3ccc(C=O)cc3)cc2c(=O)n1C(c1ccccc1)c1ccccc1. The zero-order valence-corrected chi connectivity index (χ0v) is 19.6. The zero-order chi connectivity index (χ0) is 24.4. The lowest BCUT2D eigenvalue weighted by Crippen LogP contribution is -2.29. The van der Waals surface area contributed by atoms with E-state index in [1.165, 1.54) is 0 Å². The summed E-state index contributed by atoms with van der Waals surface area (Å²) in [5.74, 6) is 0.658. The first kappa shape index (κ1) is 22.3. The topological polar surface area (TPSA) is 55.2 Å². The monoisotopic (exact) mass is 459 g/mol. The predicted molar refractivity (Wildman–Crippen MR) is 141 cm³/mol. The number of carbonyl (C=O) groups excluding carboxylic acids is 1. The Balaban J connectivity index is 1.67. The van der Waals surface area contributed by atoms with Crippen LogP contribution in [0, 0.1) is 6.92 Å². The Morgan fingerprint density at radius 2 is 1.37 bits per heavy atom. The molecule has 0 spiro atoms. The van der Waals surface area contributed by atoms with Crippen LogP contribution in [0.4, 0.5) is 11.4 Å². The molecule has 5 aromatic rings. The number of aldehydes is 1. The minimum absolute atomic E-state index is 0.0863. The molecule has 0 fully saturated rings. The van der Waals surface area contributed by atoms with Gasteiger partial charge in [-0.1, -0.05) is 60.7 Å². The molecule has 0 atom stereocenters. The maximum Gasteiger partial charge on any atom is 0.262 e. The van der Waals surface area contributed by atoms with Gasteiger partial charge in [-0.2, -0.15) is 0 Å². The Hall–Kier alpha value is -4.51. The minimum Gasteiger partial charge on any atom is -0.345 e. The van der Waals surface area contributed by atoms with Crippen molar-refractivity contribution >= 4 is 28.6 Å². The van der Waals surface area contributed by atoms with E-state index < -0.39 is 0 Å². The van der Waals surface area contributed by atoms with Crippen LogP contribution in [0.5, 0.6) is 0 Å². The molecule has 172 valence electrons. The van der Waals surface area contributed by atoms with Crippen LogP contribution in [0.3, 0.4) is 0 Å². The smallest absolute Gasteiger partial charge is 0.262 e. The maximum absolute atomic E-state index is 14.0. The summed E-state index contributed by atoms with van der Waals surface area (Å²) < 4.78 is 1.79. The van der Waals surface area contributed by atoms with E-state index in [2.05, 4.69) is 0 Å². The van der Waals surface area contributed by atoms with Gasteiger partial charge < -0.3 is 4.90 Å². The van der Waals surface area contributed by atoms with Gasteiger partial charge in [0.05, 0.1) is 16.9 Å². The second kappa shape index (κ2) is 9.39. The van der Waals surface area contributed by atoms with Gasteiger partial charge in [-0.3, -0.25) is 14.2 Å². The van der Waals surface area contributed by atoms with Gasteiger partial charge in [-0.05, 0) is 60.5 Å². The Bertz CT molecular complexity index is 1500. The van der Waals surface area contributed by atoms with Crippen LogP contribution in [0.1, 0.15) is 33.4 Å². The van der Waals surface area contributed by atoms with Gasteiger partial charge in [0, 0.05) is 24.0 Å². The molecule has 0 amide bonds. The maximum atomic E-state index is 14.0. The van der Waals surface area contributed by atoms with Gasteiger partial charge in [-0.15, -0.1) is 0 Å². The Morgan fingerprint density at radius 3 is 1.94 bits per heavy atom. The lowest BCUT2D eigenvalue weighted by molar-refractivity contribution is 0.112. The molecular formula is C30H25N3O2. The van der Waals surface area contributed by atoms with Crippen LogP contribution >= 0.6 is 0 Å². The van der Waals surface area contributed by atoms with Crippen molar-refractivity contribution in [3.63, 3.8) is 0 Å². The summed E-state index contributed by atoms with van der Waals surface area (Å²) in [5.41, 5.74) is 5.02. The summed E-state index contributed by atoms with van der Waals surface area (Å²) in [6.07, 6.45) is 0.826. The molecule has 0 unspecified atom stereocenters. The van der Waals surface area contributed by atoms with E-state index in [0.29, 0.717) is 22.3 Å². The molecule has 0 radical (unpaired) electrons. The highest BCUT2D eigenvalue weighted by Gasteiger charge is 2.21. The van der Waals surface area contributed by atoms with E-state index in [1.54, 1.807) is 16.7 Å². The molecule has 1 aromatic heterocycles. The van der Waals surface area contributed by atoms with Crippen LogP contribution in [0.25, 0.3) is 10.9 Å². The van der Waals surface area contributed by atoms with Gasteiger partial charge in [0.1, 0.15) is 12.1 Å². The number of hydrogen-bond donors (Lipinski definition) is 0. The number of rotatable bonds is 6. The average molecular weight is 460 g/mol. The summed E-state index contributed by atoms with van der Waals surface area (Å²) in [5, 5.41) is 0.557. The number of hydrogen-bond acceptors (Lipinski definition) is 4. The molecule has 0 aliphatic carbocycles. The lowest BCUT2D eigenvalue weighted by atomic mass is 9.98. The molecule has 0 N–H and O–H groups in total. The first-order valence-electron chi connectivity index (χ1n) is 11.5. The molecular weight excluding hydrogens is 434 g/mol. The molecule has 1 heterocycles. The van der Waals surface area contributed by atoms with E-state index in [4.69, 9.17) is 4.98 Å². The third-order valence-electron chi connectivity index (χ3n) is 6.35. The van der Waals surface area contributed by atoms with Crippen LogP contribution in [-0.2, 0) is 0 Å². The van der Waals surface area contributed by atoms with Crippen LogP contribution in [0.2, 0.25) is 0 Å². The van der Waals surface area contributed by atoms with Crippen LogP contribution in [-0.4, -0.2) is 22.9 Å². The number of anilines is 2. The third kappa shape index (κ3) is 4.24. The first-order valence-corrected chi connectivity index (χ1v) is 11.5. The molecule has 4 aromatic carbocycles. The van der Waals surface area contributed by atoms with E-state index in [0.717, 1.165) is 28.8 Å². The minimum atomic E-state index is -0.293. The predicted octanol–water partition coefficient (Wildman–Crippen LogP) is 5.92. The summed E-state index contributed by atoms with van der Waals surface area (Å²) >= 11 is 0. The summed E-state index contributed by atoms with van der Waals surface area (Å²) in [7, 11) is 1.94. The number of aromatic nitrogens is 2. The van der Waals surface area contributed by atoms with Gasteiger partial charge >= 0.3 is 0 Å². The van der Waals surface area contributed by atoms with Gasteiger partial charge in [0.15, 0.2) is 0 Å². The van der Waals surface area contributed by atoms with Crippen molar-refractivity contribution in [2.75, 3.05) is 11.9 Å². The molecule has 0 bridgehead atoms. The average Bonchev–Trinajstić information content (AvgIpc) is 2.91. The number of aryl methyl sites for hydroxylation is 1. The van der Waals surface area contributed by atoms with Crippen LogP contribution in [0.15, 0.2) is 108 Å². The summed E-state index contributed by atoms with van der Waals surface area (Å²) in [6.45, 7) is 1.88. The molecule has 0 aliphatic rings. The van der Waals surface area contributed by atoms with Gasteiger partial charge in [0.25, 0.3) is 5.56 Å². The zero-order valence-electron chi connectivity index (χ0n) is 19.6. The van der Waals surface area contributed by atoms with Crippen molar-refractivity contribution in [3.8, 4) is 0 Å². The molecule has 0 aliphatic heterocycles. The van der Waals surface area contributed by atoms with Gasteiger partial charge in [-0.25, -0.2) is 4.98 Å². The van der Waals surface area contributed by atoms with Crippen molar-refractivity contribution in [2.45, 2.75) is 13.0 Å². The molecule has 35 heavy (non-hydrogen) atoms. The van der Waals surface area contributed by atoms with Crippen molar-refractivity contribution < 1.29 is 4.79 Å². The molecule has 5 rings (SSSR count). The van der Waals surface area contributed by atoms with Crippen LogP contribution < -0.4 is 10.5 Å². The number of fused-ring (bicyclic) bond motifs is 1.